The molecule has 0 amide bonds. The fraction of sp³-hybridized carbons (Fsp3) is 0.143. The summed E-state index contributed by atoms with van der Waals surface area (Å²) in [6, 6.07) is 12.7. The highest BCUT2D eigenvalue weighted by Crippen LogP contribution is 2.36. The Bertz CT molecular complexity index is 594. The highest BCUT2D eigenvalue weighted by molar-refractivity contribution is 5.85. The molecule has 0 unspecified atom stereocenters. The summed E-state index contributed by atoms with van der Waals surface area (Å²) in [6.45, 7) is 1.88. The summed E-state index contributed by atoms with van der Waals surface area (Å²) in [7, 11) is 1.81. The number of nitrogens with one attached hydrogen (secondary N) is 1. The van der Waals surface area contributed by atoms with Crippen LogP contribution < -0.4 is 5.32 Å². The highest BCUT2D eigenvalue weighted by atomic mass is 16.6. The fourth-order valence-corrected chi connectivity index (χ4v) is 2.07. The van der Waals surface area contributed by atoms with E-state index in [1.807, 2.05) is 44.3 Å². The lowest BCUT2D eigenvalue weighted by molar-refractivity contribution is -0.384. The number of benzene rings is 2. The lowest BCUT2D eigenvalue weighted by Gasteiger charge is -2.11. The molecule has 1 N–H and O–H groups in total. The summed E-state index contributed by atoms with van der Waals surface area (Å²) < 4.78 is 0. The van der Waals surface area contributed by atoms with E-state index in [1.54, 1.807) is 6.07 Å². The fourth-order valence-electron chi connectivity index (χ4n) is 2.07. The maximum atomic E-state index is 11.1. The van der Waals surface area contributed by atoms with Gasteiger partial charge in [0.25, 0.3) is 5.69 Å². The van der Waals surface area contributed by atoms with E-state index in [4.69, 9.17) is 0 Å². The second-order valence-electron chi connectivity index (χ2n) is 4.02. The maximum absolute atomic E-state index is 11.1. The molecule has 92 valence electrons. The van der Waals surface area contributed by atoms with Gasteiger partial charge in [-0.3, -0.25) is 10.1 Å². The molecule has 0 atom stereocenters. The van der Waals surface area contributed by atoms with Crippen LogP contribution in [0.5, 0.6) is 0 Å². The summed E-state index contributed by atoms with van der Waals surface area (Å²) in [5.74, 6) is 0. The minimum atomic E-state index is -0.339. The van der Waals surface area contributed by atoms with Crippen LogP contribution in [0.2, 0.25) is 0 Å². The summed E-state index contributed by atoms with van der Waals surface area (Å²) in [6.07, 6.45) is 0. The SMILES string of the molecule is CNc1ccccc1-c1c(C)cccc1[N+](=O)[O-]. The lowest BCUT2D eigenvalue weighted by Crippen LogP contribution is -1.97. The Balaban J connectivity index is 2.74. The predicted octanol–water partition coefficient (Wildman–Crippen LogP) is 3.61. The number of nitro benzene ring substituents is 1. The molecule has 4 heteroatoms. The Labute approximate surface area is 105 Å². The van der Waals surface area contributed by atoms with Crippen LogP contribution in [0.1, 0.15) is 5.56 Å². The van der Waals surface area contributed by atoms with Crippen molar-refractivity contribution in [2.75, 3.05) is 12.4 Å². The molecule has 4 nitrogen and oxygen atoms in total. The molecule has 2 aromatic rings. The lowest BCUT2D eigenvalue weighted by atomic mass is 9.97. The van der Waals surface area contributed by atoms with Crippen molar-refractivity contribution >= 4 is 11.4 Å². The van der Waals surface area contributed by atoms with Crippen LogP contribution in [0, 0.1) is 17.0 Å². The molecular formula is C14H14N2O2. The van der Waals surface area contributed by atoms with Crippen molar-refractivity contribution in [1.29, 1.82) is 0 Å². The first kappa shape index (κ1) is 12.1. The molecule has 2 rings (SSSR count). The maximum Gasteiger partial charge on any atom is 0.277 e. The zero-order chi connectivity index (χ0) is 13.1. The molecule has 0 bridgehead atoms. The quantitative estimate of drug-likeness (QED) is 0.660. The summed E-state index contributed by atoms with van der Waals surface area (Å²) in [4.78, 5) is 10.8. The highest BCUT2D eigenvalue weighted by Gasteiger charge is 2.18. The van der Waals surface area contributed by atoms with Crippen LogP contribution in [0.25, 0.3) is 11.1 Å². The molecule has 0 fully saturated rings. The first-order valence-electron chi connectivity index (χ1n) is 5.66. The van der Waals surface area contributed by atoms with Gasteiger partial charge in [-0.05, 0) is 18.6 Å². The number of para-hydroxylation sites is 1. The molecule has 0 aliphatic rings. The Hall–Kier alpha value is -2.36. The minimum Gasteiger partial charge on any atom is -0.388 e. The van der Waals surface area contributed by atoms with Crippen molar-refractivity contribution < 1.29 is 4.92 Å². The third kappa shape index (κ3) is 2.05. The van der Waals surface area contributed by atoms with Gasteiger partial charge < -0.3 is 5.32 Å². The van der Waals surface area contributed by atoms with Crippen molar-refractivity contribution in [3.8, 4) is 11.1 Å². The van der Waals surface area contributed by atoms with Crippen LogP contribution in [0.3, 0.4) is 0 Å². The molecule has 18 heavy (non-hydrogen) atoms. The molecule has 2 aromatic carbocycles. The zero-order valence-corrected chi connectivity index (χ0v) is 10.3. The zero-order valence-electron chi connectivity index (χ0n) is 10.3. The molecule has 0 aliphatic carbocycles. The van der Waals surface area contributed by atoms with Crippen molar-refractivity contribution in [2.24, 2.45) is 0 Å². The van der Waals surface area contributed by atoms with Crippen LogP contribution in [0.4, 0.5) is 11.4 Å². The molecule has 0 radical (unpaired) electrons. The van der Waals surface area contributed by atoms with Crippen LogP contribution in [-0.4, -0.2) is 12.0 Å². The van der Waals surface area contributed by atoms with E-state index in [0.29, 0.717) is 5.56 Å². The van der Waals surface area contributed by atoms with Gasteiger partial charge in [0.15, 0.2) is 0 Å². The largest absolute Gasteiger partial charge is 0.388 e. The van der Waals surface area contributed by atoms with E-state index in [1.165, 1.54) is 6.07 Å². The van der Waals surface area contributed by atoms with Crippen molar-refractivity contribution in [2.45, 2.75) is 6.92 Å². The first-order valence-corrected chi connectivity index (χ1v) is 5.66. The Morgan fingerprint density at radius 1 is 1.11 bits per heavy atom. The summed E-state index contributed by atoms with van der Waals surface area (Å²) in [5.41, 5.74) is 3.44. The molecule has 0 aliphatic heterocycles. The van der Waals surface area contributed by atoms with Crippen LogP contribution in [0.15, 0.2) is 42.5 Å². The third-order valence-corrected chi connectivity index (χ3v) is 2.91. The van der Waals surface area contributed by atoms with Gasteiger partial charge in [0, 0.05) is 24.4 Å². The Morgan fingerprint density at radius 2 is 1.83 bits per heavy atom. The monoisotopic (exact) mass is 242 g/mol. The average molecular weight is 242 g/mol. The normalized spacial score (nSPS) is 10.1. The van der Waals surface area contributed by atoms with E-state index in [-0.39, 0.29) is 10.6 Å². The van der Waals surface area contributed by atoms with E-state index >= 15 is 0 Å². The van der Waals surface area contributed by atoms with E-state index in [0.717, 1.165) is 16.8 Å². The van der Waals surface area contributed by atoms with Crippen molar-refractivity contribution in [1.82, 2.24) is 0 Å². The van der Waals surface area contributed by atoms with Gasteiger partial charge in [0.05, 0.1) is 10.5 Å². The first-order chi connectivity index (χ1) is 8.65. The van der Waals surface area contributed by atoms with Crippen LogP contribution in [-0.2, 0) is 0 Å². The van der Waals surface area contributed by atoms with E-state index < -0.39 is 0 Å². The summed E-state index contributed by atoms with van der Waals surface area (Å²) >= 11 is 0. The third-order valence-electron chi connectivity index (χ3n) is 2.91. The number of hydrogen-bond acceptors (Lipinski definition) is 3. The topological polar surface area (TPSA) is 55.2 Å². The smallest absolute Gasteiger partial charge is 0.277 e. The molecule has 0 aromatic heterocycles. The second kappa shape index (κ2) is 4.87. The number of nitro groups is 1. The van der Waals surface area contributed by atoms with Gasteiger partial charge in [-0.25, -0.2) is 0 Å². The number of anilines is 1. The Kier molecular flexibility index (Phi) is 3.28. The number of nitrogens with zero attached hydrogens (tertiary/aromatic N) is 1. The molecule has 0 spiro atoms. The molecule has 0 heterocycles. The van der Waals surface area contributed by atoms with Gasteiger partial charge in [-0.15, -0.1) is 0 Å². The minimum absolute atomic E-state index is 0.137. The van der Waals surface area contributed by atoms with E-state index in [2.05, 4.69) is 5.32 Å². The number of hydrogen-bond donors (Lipinski definition) is 1. The van der Waals surface area contributed by atoms with Crippen molar-refractivity contribution in [3.63, 3.8) is 0 Å². The van der Waals surface area contributed by atoms with Gasteiger partial charge in [-0.2, -0.15) is 0 Å². The number of aryl methyl sites for hydroxylation is 1. The van der Waals surface area contributed by atoms with Crippen LogP contribution >= 0.6 is 0 Å². The number of rotatable bonds is 3. The van der Waals surface area contributed by atoms with Gasteiger partial charge >= 0.3 is 0 Å². The van der Waals surface area contributed by atoms with Crippen molar-refractivity contribution in [3.05, 3.63) is 58.1 Å². The average Bonchev–Trinajstić information content (AvgIpc) is 2.38. The molecular weight excluding hydrogens is 228 g/mol. The second-order valence-corrected chi connectivity index (χ2v) is 4.02. The predicted molar refractivity (Wildman–Crippen MR) is 72.8 cm³/mol. The van der Waals surface area contributed by atoms with Gasteiger partial charge in [-0.1, -0.05) is 30.3 Å². The molecule has 0 saturated carbocycles. The van der Waals surface area contributed by atoms with Gasteiger partial charge in [0.1, 0.15) is 0 Å². The standard InChI is InChI=1S/C14H14N2O2/c1-10-6-5-9-13(16(17)18)14(10)11-7-3-4-8-12(11)15-2/h3-9,15H,1-2H3. The molecule has 0 saturated heterocycles. The Morgan fingerprint density at radius 3 is 2.50 bits per heavy atom. The van der Waals surface area contributed by atoms with E-state index in [9.17, 15) is 10.1 Å². The summed E-state index contributed by atoms with van der Waals surface area (Å²) in [5, 5.41) is 14.2. The van der Waals surface area contributed by atoms with Gasteiger partial charge in [0.2, 0.25) is 0 Å².